The maximum atomic E-state index is 5.42. The lowest BCUT2D eigenvalue weighted by atomic mass is 10.2. The summed E-state index contributed by atoms with van der Waals surface area (Å²) in [6.07, 6.45) is 1.81. The third-order valence-electron chi connectivity index (χ3n) is 2.16. The van der Waals surface area contributed by atoms with Crippen LogP contribution in [0.2, 0.25) is 0 Å². The van der Waals surface area contributed by atoms with Crippen LogP contribution in [-0.4, -0.2) is 29.5 Å². The first-order valence-electron chi connectivity index (χ1n) is 5.08. The minimum atomic E-state index is 0.243. The van der Waals surface area contributed by atoms with E-state index in [-0.39, 0.29) is 6.04 Å². The fraction of sp³-hybridized carbons (Fsp3) is 0.700. The van der Waals surface area contributed by atoms with Crippen molar-refractivity contribution in [2.45, 2.75) is 19.9 Å². The largest absolute Gasteiger partial charge is 0.380 e. The zero-order chi connectivity index (χ0) is 10.4. The molecule has 0 spiro atoms. The van der Waals surface area contributed by atoms with Crippen molar-refractivity contribution >= 4 is 0 Å². The van der Waals surface area contributed by atoms with Gasteiger partial charge in [-0.15, -0.1) is 0 Å². The standard InChI is InChI=1S/C10H19N3O/c1-4-11-9(8-14-5-2)10-6-7-12-13(10)3/h6-7,9,11H,4-5,8H2,1-3H3. The quantitative estimate of drug-likeness (QED) is 0.742. The zero-order valence-corrected chi connectivity index (χ0v) is 9.16. The smallest absolute Gasteiger partial charge is 0.0729 e. The molecule has 0 aliphatic heterocycles. The predicted octanol–water partition coefficient (Wildman–Crippen LogP) is 1.11. The number of ether oxygens (including phenoxy) is 1. The molecule has 1 aromatic heterocycles. The second kappa shape index (κ2) is 5.78. The van der Waals surface area contributed by atoms with Gasteiger partial charge in [-0.1, -0.05) is 6.92 Å². The Kier molecular flexibility index (Phi) is 4.62. The van der Waals surface area contributed by atoms with Gasteiger partial charge in [-0.05, 0) is 19.5 Å². The first-order chi connectivity index (χ1) is 6.79. The molecular formula is C10H19N3O. The molecule has 0 aliphatic carbocycles. The Bertz CT molecular complexity index is 260. The van der Waals surface area contributed by atoms with E-state index in [4.69, 9.17) is 4.74 Å². The topological polar surface area (TPSA) is 39.1 Å². The van der Waals surface area contributed by atoms with E-state index in [0.29, 0.717) is 6.61 Å². The van der Waals surface area contributed by atoms with Gasteiger partial charge in [-0.3, -0.25) is 4.68 Å². The molecule has 80 valence electrons. The Hall–Kier alpha value is -0.870. The van der Waals surface area contributed by atoms with E-state index >= 15 is 0 Å². The van der Waals surface area contributed by atoms with Gasteiger partial charge in [0.15, 0.2) is 0 Å². The minimum Gasteiger partial charge on any atom is -0.380 e. The summed E-state index contributed by atoms with van der Waals surface area (Å²) < 4.78 is 7.30. The van der Waals surface area contributed by atoms with Crippen LogP contribution in [0.5, 0.6) is 0 Å². The molecule has 0 radical (unpaired) electrons. The molecular weight excluding hydrogens is 178 g/mol. The van der Waals surface area contributed by atoms with Crippen LogP contribution >= 0.6 is 0 Å². The lowest BCUT2D eigenvalue weighted by Gasteiger charge is -2.17. The molecule has 4 nitrogen and oxygen atoms in total. The highest BCUT2D eigenvalue weighted by molar-refractivity contribution is 5.06. The van der Waals surface area contributed by atoms with E-state index in [1.165, 1.54) is 5.69 Å². The number of rotatable bonds is 6. The third-order valence-corrected chi connectivity index (χ3v) is 2.16. The molecule has 14 heavy (non-hydrogen) atoms. The number of hydrogen-bond acceptors (Lipinski definition) is 3. The molecule has 0 bridgehead atoms. The first kappa shape index (κ1) is 11.2. The Labute approximate surface area is 85.3 Å². The molecule has 0 aliphatic rings. The van der Waals surface area contributed by atoms with Crippen LogP contribution in [0.4, 0.5) is 0 Å². The van der Waals surface area contributed by atoms with Gasteiger partial charge in [-0.25, -0.2) is 0 Å². The molecule has 0 saturated heterocycles. The zero-order valence-electron chi connectivity index (χ0n) is 9.16. The molecule has 1 rings (SSSR count). The van der Waals surface area contributed by atoms with Crippen LogP contribution in [0.15, 0.2) is 12.3 Å². The molecule has 4 heteroatoms. The fourth-order valence-corrected chi connectivity index (χ4v) is 1.46. The lowest BCUT2D eigenvalue weighted by Crippen LogP contribution is -2.27. The average molecular weight is 197 g/mol. The summed E-state index contributed by atoms with van der Waals surface area (Å²) >= 11 is 0. The van der Waals surface area contributed by atoms with Crippen molar-refractivity contribution in [1.29, 1.82) is 0 Å². The summed E-state index contributed by atoms with van der Waals surface area (Å²) in [6.45, 7) is 6.48. The van der Waals surface area contributed by atoms with E-state index in [9.17, 15) is 0 Å². The SMILES string of the molecule is CCNC(COCC)c1ccnn1C. The maximum absolute atomic E-state index is 5.42. The predicted molar refractivity (Wildman–Crippen MR) is 56.1 cm³/mol. The monoisotopic (exact) mass is 197 g/mol. The lowest BCUT2D eigenvalue weighted by molar-refractivity contribution is 0.121. The van der Waals surface area contributed by atoms with Gasteiger partial charge in [0.05, 0.1) is 18.3 Å². The fourth-order valence-electron chi connectivity index (χ4n) is 1.46. The van der Waals surface area contributed by atoms with Gasteiger partial charge < -0.3 is 10.1 Å². The summed E-state index contributed by atoms with van der Waals surface area (Å²) in [7, 11) is 1.95. The normalized spacial score (nSPS) is 13.1. The molecule has 0 saturated carbocycles. The Balaban J connectivity index is 2.62. The highest BCUT2D eigenvalue weighted by Crippen LogP contribution is 2.11. The molecule has 0 amide bonds. The van der Waals surface area contributed by atoms with Gasteiger partial charge in [0.25, 0.3) is 0 Å². The number of hydrogen-bond donors (Lipinski definition) is 1. The van der Waals surface area contributed by atoms with Crippen molar-refractivity contribution in [1.82, 2.24) is 15.1 Å². The van der Waals surface area contributed by atoms with Gasteiger partial charge in [0.2, 0.25) is 0 Å². The van der Waals surface area contributed by atoms with E-state index in [0.717, 1.165) is 13.2 Å². The minimum absolute atomic E-state index is 0.243. The Morgan fingerprint density at radius 3 is 2.86 bits per heavy atom. The van der Waals surface area contributed by atoms with Crippen LogP contribution in [0.1, 0.15) is 25.6 Å². The van der Waals surface area contributed by atoms with Crippen LogP contribution in [0.3, 0.4) is 0 Å². The molecule has 1 atom stereocenters. The maximum Gasteiger partial charge on any atom is 0.0729 e. The Morgan fingerprint density at radius 2 is 2.36 bits per heavy atom. The third kappa shape index (κ3) is 2.82. The van der Waals surface area contributed by atoms with Gasteiger partial charge >= 0.3 is 0 Å². The van der Waals surface area contributed by atoms with Crippen LogP contribution in [-0.2, 0) is 11.8 Å². The molecule has 1 heterocycles. The summed E-state index contributed by atoms with van der Waals surface area (Å²) in [4.78, 5) is 0. The number of aromatic nitrogens is 2. The summed E-state index contributed by atoms with van der Waals surface area (Å²) in [5.74, 6) is 0. The van der Waals surface area contributed by atoms with Crippen molar-refractivity contribution in [3.63, 3.8) is 0 Å². The van der Waals surface area contributed by atoms with Gasteiger partial charge in [0.1, 0.15) is 0 Å². The van der Waals surface area contributed by atoms with Gasteiger partial charge in [-0.2, -0.15) is 5.10 Å². The van der Waals surface area contributed by atoms with Crippen molar-refractivity contribution in [3.8, 4) is 0 Å². The molecule has 1 unspecified atom stereocenters. The van der Waals surface area contributed by atoms with Crippen LogP contribution in [0.25, 0.3) is 0 Å². The number of nitrogens with one attached hydrogen (secondary N) is 1. The van der Waals surface area contributed by atoms with E-state index in [2.05, 4.69) is 17.3 Å². The Morgan fingerprint density at radius 1 is 1.57 bits per heavy atom. The summed E-state index contributed by atoms with van der Waals surface area (Å²) in [5.41, 5.74) is 1.17. The van der Waals surface area contributed by atoms with Crippen molar-refractivity contribution in [2.75, 3.05) is 19.8 Å². The number of nitrogens with zero attached hydrogens (tertiary/aromatic N) is 2. The summed E-state index contributed by atoms with van der Waals surface area (Å²) in [6, 6.07) is 2.26. The van der Waals surface area contributed by atoms with E-state index < -0.39 is 0 Å². The molecule has 1 aromatic rings. The van der Waals surface area contributed by atoms with Crippen molar-refractivity contribution < 1.29 is 4.74 Å². The summed E-state index contributed by atoms with van der Waals surface area (Å²) in [5, 5.41) is 7.52. The van der Waals surface area contributed by atoms with Crippen molar-refractivity contribution in [2.24, 2.45) is 7.05 Å². The number of aryl methyl sites for hydroxylation is 1. The highest BCUT2D eigenvalue weighted by atomic mass is 16.5. The molecule has 1 N–H and O–H groups in total. The molecule has 0 fully saturated rings. The first-order valence-corrected chi connectivity index (χ1v) is 5.08. The molecule has 0 aromatic carbocycles. The number of likely N-dealkylation sites (N-methyl/N-ethyl adjacent to an activating group) is 1. The van der Waals surface area contributed by atoms with E-state index in [1.807, 2.05) is 30.9 Å². The average Bonchev–Trinajstić information content (AvgIpc) is 2.59. The second-order valence-corrected chi connectivity index (χ2v) is 3.15. The van der Waals surface area contributed by atoms with Gasteiger partial charge in [0, 0.05) is 19.9 Å². The highest BCUT2D eigenvalue weighted by Gasteiger charge is 2.13. The van der Waals surface area contributed by atoms with Crippen LogP contribution in [0, 0.1) is 0 Å². The van der Waals surface area contributed by atoms with E-state index in [1.54, 1.807) is 0 Å². The van der Waals surface area contributed by atoms with Crippen molar-refractivity contribution in [3.05, 3.63) is 18.0 Å². The van der Waals surface area contributed by atoms with Crippen LogP contribution < -0.4 is 5.32 Å². The second-order valence-electron chi connectivity index (χ2n) is 3.15.